The summed E-state index contributed by atoms with van der Waals surface area (Å²) in [7, 11) is 2.08. The van der Waals surface area contributed by atoms with Crippen LogP contribution in [0, 0.1) is 0 Å². The second-order valence-corrected chi connectivity index (χ2v) is 5.03. The van der Waals surface area contributed by atoms with E-state index in [0.717, 1.165) is 6.54 Å². The van der Waals surface area contributed by atoms with Crippen molar-refractivity contribution in [3.63, 3.8) is 0 Å². The molecular weight excluding hydrogens is 260 g/mol. The molecule has 0 atom stereocenters. The zero-order valence-electron chi connectivity index (χ0n) is 11.2. The van der Waals surface area contributed by atoms with Crippen LogP contribution in [0.1, 0.15) is 23.2 Å². The van der Waals surface area contributed by atoms with Crippen LogP contribution in [0.3, 0.4) is 0 Å². The Hall–Kier alpha value is -2.08. The van der Waals surface area contributed by atoms with Gasteiger partial charge in [0.2, 0.25) is 0 Å². The molecule has 6 heteroatoms. The van der Waals surface area contributed by atoms with Crippen molar-refractivity contribution in [2.75, 3.05) is 20.2 Å². The maximum atomic E-state index is 10.9. The maximum Gasteiger partial charge on any atom is 0.394 e. The minimum Gasteiger partial charge on any atom is -0.478 e. The fraction of sp³-hybridized carbons (Fsp3) is 0.429. The summed E-state index contributed by atoms with van der Waals surface area (Å²) < 4.78 is 10.9. The van der Waals surface area contributed by atoms with Crippen molar-refractivity contribution < 1.29 is 19.1 Å². The highest BCUT2D eigenvalue weighted by molar-refractivity contribution is 5.91. The van der Waals surface area contributed by atoms with Gasteiger partial charge in [-0.3, -0.25) is 0 Å². The fourth-order valence-corrected chi connectivity index (χ4v) is 2.07. The largest absolute Gasteiger partial charge is 0.478 e. The summed E-state index contributed by atoms with van der Waals surface area (Å²) in [5, 5.41) is 8.91. The number of oxazole rings is 1. The maximum absolute atomic E-state index is 10.9. The number of carbonyl (C=O) groups is 1. The van der Waals surface area contributed by atoms with Crippen LogP contribution < -0.4 is 4.74 Å². The summed E-state index contributed by atoms with van der Waals surface area (Å²) in [4.78, 5) is 17.3. The van der Waals surface area contributed by atoms with Crippen LogP contribution in [0.25, 0.3) is 11.1 Å². The molecule has 1 saturated carbocycles. The lowest BCUT2D eigenvalue weighted by atomic mass is 10.2. The van der Waals surface area contributed by atoms with E-state index in [2.05, 4.69) is 16.9 Å². The lowest BCUT2D eigenvalue weighted by Gasteiger charge is -2.14. The molecule has 0 aliphatic heterocycles. The zero-order valence-corrected chi connectivity index (χ0v) is 11.2. The molecule has 1 N–H and O–H groups in total. The van der Waals surface area contributed by atoms with Crippen LogP contribution >= 0.6 is 0 Å². The topological polar surface area (TPSA) is 75.8 Å². The molecule has 1 aliphatic carbocycles. The fourth-order valence-electron chi connectivity index (χ4n) is 2.07. The molecule has 1 fully saturated rings. The van der Waals surface area contributed by atoms with Crippen molar-refractivity contribution >= 4 is 17.1 Å². The van der Waals surface area contributed by atoms with Gasteiger partial charge in [0.05, 0.1) is 5.56 Å². The number of fused-ring (bicyclic) bond motifs is 1. The van der Waals surface area contributed by atoms with Crippen molar-refractivity contribution in [1.82, 2.24) is 9.88 Å². The van der Waals surface area contributed by atoms with Gasteiger partial charge in [0.25, 0.3) is 0 Å². The molecule has 1 aliphatic rings. The number of likely N-dealkylation sites (N-methyl/N-ethyl adjacent to an activating group) is 1. The zero-order chi connectivity index (χ0) is 14.1. The number of aromatic nitrogens is 1. The lowest BCUT2D eigenvalue weighted by Crippen LogP contribution is -2.26. The average molecular weight is 276 g/mol. The van der Waals surface area contributed by atoms with Crippen molar-refractivity contribution in [2.24, 2.45) is 0 Å². The second kappa shape index (κ2) is 5.13. The normalized spacial score (nSPS) is 14.9. The number of aromatic carboxylic acids is 1. The molecule has 0 unspecified atom stereocenters. The van der Waals surface area contributed by atoms with E-state index >= 15 is 0 Å². The summed E-state index contributed by atoms with van der Waals surface area (Å²) in [5.74, 6) is -0.989. The van der Waals surface area contributed by atoms with Gasteiger partial charge in [-0.05, 0) is 38.1 Å². The summed E-state index contributed by atoms with van der Waals surface area (Å²) in [6.07, 6.45) is 2.71. The van der Waals surface area contributed by atoms with Gasteiger partial charge in [-0.25, -0.2) is 4.79 Å². The van der Waals surface area contributed by atoms with Crippen LogP contribution in [-0.4, -0.2) is 47.2 Å². The molecule has 2 aromatic rings. The Balaban J connectivity index is 1.64. The summed E-state index contributed by atoms with van der Waals surface area (Å²) >= 11 is 0. The van der Waals surface area contributed by atoms with Crippen LogP contribution in [0.15, 0.2) is 22.6 Å². The molecule has 6 nitrogen and oxygen atoms in total. The quantitative estimate of drug-likeness (QED) is 0.869. The third-order valence-electron chi connectivity index (χ3n) is 3.46. The van der Waals surface area contributed by atoms with Gasteiger partial charge < -0.3 is 19.2 Å². The van der Waals surface area contributed by atoms with Gasteiger partial charge in [-0.2, -0.15) is 4.98 Å². The Labute approximate surface area is 116 Å². The summed E-state index contributed by atoms with van der Waals surface area (Å²) in [6.45, 7) is 1.33. The lowest BCUT2D eigenvalue weighted by molar-refractivity contribution is 0.0697. The predicted octanol–water partition coefficient (Wildman–Crippen LogP) is 2.00. The van der Waals surface area contributed by atoms with Crippen molar-refractivity contribution in [3.05, 3.63) is 23.8 Å². The van der Waals surface area contributed by atoms with E-state index < -0.39 is 5.97 Å². The van der Waals surface area contributed by atoms with Gasteiger partial charge in [0, 0.05) is 12.6 Å². The number of carboxylic acids is 1. The monoisotopic (exact) mass is 276 g/mol. The van der Waals surface area contributed by atoms with Crippen LogP contribution in [0.5, 0.6) is 6.08 Å². The standard InChI is InChI=1S/C14H16N2O4/c1-16(10-3-4-10)6-7-19-14-15-11-5-2-9(13(17)18)8-12(11)20-14/h2,5,8,10H,3-4,6-7H2,1H3,(H,17,18). The van der Waals surface area contributed by atoms with E-state index in [1.54, 1.807) is 6.07 Å². The Bertz CT molecular complexity index is 633. The molecule has 3 rings (SSSR count). The van der Waals surface area contributed by atoms with Crippen molar-refractivity contribution in [1.29, 1.82) is 0 Å². The number of carboxylic acid groups (broad SMARTS) is 1. The molecule has 0 bridgehead atoms. The predicted molar refractivity (Wildman–Crippen MR) is 72.1 cm³/mol. The number of rotatable bonds is 6. The van der Waals surface area contributed by atoms with E-state index in [1.807, 2.05) is 0 Å². The number of ether oxygens (including phenoxy) is 1. The minimum atomic E-state index is -0.989. The average Bonchev–Trinajstić information content (AvgIpc) is 3.18. The van der Waals surface area contributed by atoms with E-state index in [4.69, 9.17) is 14.3 Å². The molecule has 0 radical (unpaired) electrons. The van der Waals surface area contributed by atoms with E-state index in [0.29, 0.717) is 23.7 Å². The van der Waals surface area contributed by atoms with E-state index in [9.17, 15) is 4.79 Å². The highest BCUT2D eigenvalue weighted by Crippen LogP contribution is 2.25. The van der Waals surface area contributed by atoms with E-state index in [-0.39, 0.29) is 11.6 Å². The molecular formula is C14H16N2O4. The molecule has 1 aromatic carbocycles. The number of nitrogens with zero attached hydrogens (tertiary/aromatic N) is 2. The Kier molecular flexibility index (Phi) is 3.31. The van der Waals surface area contributed by atoms with Gasteiger partial charge >= 0.3 is 12.0 Å². The molecule has 106 valence electrons. The third kappa shape index (κ3) is 2.75. The van der Waals surface area contributed by atoms with Crippen molar-refractivity contribution in [2.45, 2.75) is 18.9 Å². The molecule has 0 amide bonds. The number of benzene rings is 1. The Morgan fingerprint density at radius 3 is 3.05 bits per heavy atom. The Morgan fingerprint density at radius 1 is 1.55 bits per heavy atom. The summed E-state index contributed by atoms with van der Waals surface area (Å²) in [5.41, 5.74) is 1.20. The first-order valence-corrected chi connectivity index (χ1v) is 6.60. The molecule has 1 heterocycles. The first-order valence-electron chi connectivity index (χ1n) is 6.60. The number of hydrogen-bond acceptors (Lipinski definition) is 5. The van der Waals surface area contributed by atoms with E-state index in [1.165, 1.54) is 25.0 Å². The van der Waals surface area contributed by atoms with Crippen LogP contribution in [0.4, 0.5) is 0 Å². The van der Waals surface area contributed by atoms with Crippen LogP contribution in [0.2, 0.25) is 0 Å². The first kappa shape index (κ1) is 12.9. The molecule has 20 heavy (non-hydrogen) atoms. The highest BCUT2D eigenvalue weighted by atomic mass is 16.6. The molecule has 1 aromatic heterocycles. The summed E-state index contributed by atoms with van der Waals surface area (Å²) in [6, 6.07) is 5.26. The number of hydrogen-bond donors (Lipinski definition) is 1. The third-order valence-corrected chi connectivity index (χ3v) is 3.46. The first-order chi connectivity index (χ1) is 9.63. The molecule has 0 spiro atoms. The highest BCUT2D eigenvalue weighted by Gasteiger charge is 2.25. The smallest absolute Gasteiger partial charge is 0.394 e. The Morgan fingerprint density at radius 2 is 2.35 bits per heavy atom. The van der Waals surface area contributed by atoms with Gasteiger partial charge in [0.1, 0.15) is 12.1 Å². The SMILES string of the molecule is CN(CCOc1nc2ccc(C(=O)O)cc2o1)C1CC1. The second-order valence-electron chi connectivity index (χ2n) is 5.03. The van der Waals surface area contributed by atoms with Gasteiger partial charge in [0.15, 0.2) is 5.58 Å². The van der Waals surface area contributed by atoms with Gasteiger partial charge in [-0.15, -0.1) is 0 Å². The minimum absolute atomic E-state index is 0.175. The molecule has 0 saturated heterocycles. The van der Waals surface area contributed by atoms with Crippen molar-refractivity contribution in [3.8, 4) is 6.08 Å². The van der Waals surface area contributed by atoms with Crippen LogP contribution in [-0.2, 0) is 0 Å². The van der Waals surface area contributed by atoms with Gasteiger partial charge in [-0.1, -0.05) is 0 Å².